The third-order valence-electron chi connectivity index (χ3n) is 4.74. The maximum absolute atomic E-state index is 5.84. The van der Waals surface area contributed by atoms with Gasteiger partial charge in [-0.2, -0.15) is 0 Å². The Morgan fingerprint density at radius 3 is 2.61 bits per heavy atom. The predicted molar refractivity (Wildman–Crippen MR) is 123 cm³/mol. The molecule has 4 rings (SSSR count). The van der Waals surface area contributed by atoms with Gasteiger partial charge in [0.05, 0.1) is 6.20 Å². The summed E-state index contributed by atoms with van der Waals surface area (Å²) in [6, 6.07) is 16.3. The number of aromatic nitrogens is 4. The number of ether oxygens (including phenoxy) is 1. The maximum Gasteiger partial charge on any atom is 0.218 e. The Hall–Kier alpha value is -3.19. The highest BCUT2D eigenvalue weighted by Crippen LogP contribution is 2.17. The van der Waals surface area contributed by atoms with Crippen molar-refractivity contribution in [2.75, 3.05) is 0 Å². The van der Waals surface area contributed by atoms with Gasteiger partial charge in [-0.15, -0.1) is 5.10 Å². The smallest absolute Gasteiger partial charge is 0.218 e. The number of aryl methyl sites for hydroxylation is 2. The number of oxazole rings is 1. The lowest BCUT2D eigenvalue weighted by molar-refractivity contribution is 0.301. The first kappa shape index (κ1) is 21.1. The number of rotatable bonds is 10. The first-order valence-corrected chi connectivity index (χ1v) is 11.0. The summed E-state index contributed by atoms with van der Waals surface area (Å²) in [4.78, 5) is 4.45. The second-order valence-corrected chi connectivity index (χ2v) is 8.03. The molecule has 0 N–H and O–H groups in total. The molecule has 158 valence electrons. The number of hydrogen-bond donors (Lipinski definition) is 0. The fourth-order valence-electron chi connectivity index (χ4n) is 3.07. The molecular formula is C24H23BrN4O2. The van der Waals surface area contributed by atoms with E-state index in [9.17, 15) is 0 Å². The maximum atomic E-state index is 5.84. The van der Waals surface area contributed by atoms with E-state index in [-0.39, 0.29) is 0 Å². The minimum Gasteiger partial charge on any atom is -0.487 e. The number of halogens is 1. The van der Waals surface area contributed by atoms with E-state index in [0.29, 0.717) is 12.5 Å². The predicted octanol–water partition coefficient (Wildman–Crippen LogP) is 5.80. The number of benzene rings is 2. The van der Waals surface area contributed by atoms with Crippen LogP contribution < -0.4 is 4.74 Å². The van der Waals surface area contributed by atoms with Gasteiger partial charge >= 0.3 is 0 Å². The van der Waals surface area contributed by atoms with Gasteiger partial charge in [-0.25, -0.2) is 4.98 Å². The molecule has 31 heavy (non-hydrogen) atoms. The van der Waals surface area contributed by atoms with E-state index in [1.165, 1.54) is 5.56 Å². The molecular weight excluding hydrogens is 456 g/mol. The van der Waals surface area contributed by atoms with Gasteiger partial charge in [-0.05, 0) is 60.7 Å². The first-order chi connectivity index (χ1) is 15.2. The van der Waals surface area contributed by atoms with Crippen LogP contribution in [0, 0.1) is 0 Å². The van der Waals surface area contributed by atoms with E-state index in [1.807, 2.05) is 59.4 Å². The molecule has 0 aliphatic carbocycles. The van der Waals surface area contributed by atoms with Crippen LogP contribution in [0.5, 0.6) is 5.75 Å². The van der Waals surface area contributed by atoms with Crippen molar-refractivity contribution in [3.05, 3.63) is 94.4 Å². The zero-order valence-electron chi connectivity index (χ0n) is 17.0. The van der Waals surface area contributed by atoms with Crippen LogP contribution in [-0.2, 0) is 19.6 Å². The Labute approximate surface area is 189 Å². The Bertz CT molecular complexity index is 1090. The van der Waals surface area contributed by atoms with E-state index < -0.39 is 0 Å². The van der Waals surface area contributed by atoms with Gasteiger partial charge in [-0.3, -0.25) is 4.68 Å². The molecule has 4 aromatic rings. The van der Waals surface area contributed by atoms with E-state index in [4.69, 9.17) is 9.15 Å². The van der Waals surface area contributed by atoms with Gasteiger partial charge in [0.25, 0.3) is 0 Å². The highest BCUT2D eigenvalue weighted by molar-refractivity contribution is 9.10. The second-order valence-electron chi connectivity index (χ2n) is 7.12. The molecule has 0 spiro atoms. The molecule has 0 saturated carbocycles. The summed E-state index contributed by atoms with van der Waals surface area (Å²) >= 11 is 3.43. The normalized spacial score (nSPS) is 11.3. The lowest BCUT2D eigenvalue weighted by atomic mass is 10.1. The highest BCUT2D eigenvalue weighted by Gasteiger charge is 2.03. The van der Waals surface area contributed by atoms with Crippen LogP contribution in [-0.4, -0.2) is 20.0 Å². The van der Waals surface area contributed by atoms with E-state index in [0.717, 1.165) is 47.3 Å². The molecule has 0 atom stereocenters. The van der Waals surface area contributed by atoms with E-state index in [2.05, 4.69) is 43.4 Å². The summed E-state index contributed by atoms with van der Waals surface area (Å²) in [6.45, 7) is 1.27. The SMILES string of the molecule is Brc1ccc(C=Cc2nc(COc3ccc(CCCCn4ccnn4)cc3)co2)cc1. The molecule has 6 nitrogen and oxygen atoms in total. The first-order valence-electron chi connectivity index (χ1n) is 10.2. The largest absolute Gasteiger partial charge is 0.487 e. The van der Waals surface area contributed by atoms with Gasteiger partial charge in [0, 0.05) is 23.3 Å². The van der Waals surface area contributed by atoms with Crippen molar-refractivity contribution >= 4 is 28.1 Å². The standard InChI is InChI=1S/C24H23BrN4O2/c25-21-9-4-20(5-10-21)8-13-24-27-22(18-31-24)17-30-23-11-6-19(7-12-23)3-1-2-15-29-16-14-26-28-29/h4-14,16,18H,1-3,15,17H2. The summed E-state index contributed by atoms with van der Waals surface area (Å²) in [5.41, 5.74) is 3.14. The zero-order valence-corrected chi connectivity index (χ0v) is 18.6. The second kappa shape index (κ2) is 10.7. The van der Waals surface area contributed by atoms with E-state index in [1.54, 1.807) is 12.5 Å². The monoisotopic (exact) mass is 478 g/mol. The molecule has 0 amide bonds. The van der Waals surface area contributed by atoms with Crippen LogP contribution in [0.3, 0.4) is 0 Å². The molecule has 2 aromatic heterocycles. The lowest BCUT2D eigenvalue weighted by Gasteiger charge is -2.06. The number of unbranched alkanes of at least 4 members (excludes halogenated alkanes) is 1. The fraction of sp³-hybridized carbons (Fsp3) is 0.208. The molecule has 0 aliphatic heterocycles. The molecule has 2 aromatic carbocycles. The van der Waals surface area contributed by atoms with Crippen molar-refractivity contribution in [2.45, 2.75) is 32.4 Å². The van der Waals surface area contributed by atoms with Gasteiger partial charge in [0.2, 0.25) is 5.89 Å². The Morgan fingerprint density at radius 2 is 1.84 bits per heavy atom. The minimum absolute atomic E-state index is 0.368. The molecule has 0 bridgehead atoms. The quantitative estimate of drug-likeness (QED) is 0.269. The Kier molecular flexibility index (Phi) is 7.28. The van der Waals surface area contributed by atoms with Crippen molar-refractivity contribution in [3.63, 3.8) is 0 Å². The van der Waals surface area contributed by atoms with Gasteiger partial charge in [0.15, 0.2) is 0 Å². The molecule has 0 fully saturated rings. The van der Waals surface area contributed by atoms with Crippen LogP contribution in [0.2, 0.25) is 0 Å². The molecule has 7 heteroatoms. The molecule has 0 radical (unpaired) electrons. The van der Waals surface area contributed by atoms with Crippen LogP contribution in [0.4, 0.5) is 0 Å². The number of nitrogens with zero attached hydrogens (tertiary/aromatic N) is 4. The van der Waals surface area contributed by atoms with Crippen molar-refractivity contribution in [1.82, 2.24) is 20.0 Å². The van der Waals surface area contributed by atoms with Crippen molar-refractivity contribution in [1.29, 1.82) is 0 Å². The summed E-state index contributed by atoms with van der Waals surface area (Å²) in [7, 11) is 0. The van der Waals surface area contributed by atoms with Crippen LogP contribution >= 0.6 is 15.9 Å². The summed E-state index contributed by atoms with van der Waals surface area (Å²) in [5, 5.41) is 7.80. The van der Waals surface area contributed by atoms with Crippen LogP contribution in [0.15, 0.2) is 76.1 Å². The summed E-state index contributed by atoms with van der Waals surface area (Å²) < 4.78 is 14.3. The van der Waals surface area contributed by atoms with Crippen molar-refractivity contribution in [3.8, 4) is 5.75 Å². The third kappa shape index (κ3) is 6.65. The average molecular weight is 479 g/mol. The van der Waals surface area contributed by atoms with E-state index >= 15 is 0 Å². The molecule has 2 heterocycles. The van der Waals surface area contributed by atoms with Crippen LogP contribution in [0.1, 0.15) is 35.6 Å². The van der Waals surface area contributed by atoms with Crippen molar-refractivity contribution in [2.24, 2.45) is 0 Å². The fourth-order valence-corrected chi connectivity index (χ4v) is 3.34. The summed E-state index contributed by atoms with van der Waals surface area (Å²) in [5.74, 6) is 1.38. The van der Waals surface area contributed by atoms with Gasteiger partial charge < -0.3 is 9.15 Å². The average Bonchev–Trinajstić information content (AvgIpc) is 3.48. The lowest BCUT2D eigenvalue weighted by Crippen LogP contribution is -1.99. The topological polar surface area (TPSA) is 66.0 Å². The summed E-state index contributed by atoms with van der Waals surface area (Å²) in [6.07, 6.45) is 12.3. The van der Waals surface area contributed by atoms with Crippen molar-refractivity contribution < 1.29 is 9.15 Å². The zero-order chi connectivity index (χ0) is 21.3. The molecule has 0 saturated heterocycles. The molecule has 0 aliphatic rings. The Balaban J connectivity index is 1.20. The number of hydrogen-bond acceptors (Lipinski definition) is 5. The minimum atomic E-state index is 0.368. The highest BCUT2D eigenvalue weighted by atomic mass is 79.9. The third-order valence-corrected chi connectivity index (χ3v) is 5.27. The Morgan fingerprint density at radius 1 is 1.00 bits per heavy atom. The van der Waals surface area contributed by atoms with Gasteiger partial charge in [0.1, 0.15) is 24.3 Å². The van der Waals surface area contributed by atoms with Gasteiger partial charge in [-0.1, -0.05) is 45.4 Å². The van der Waals surface area contributed by atoms with Crippen LogP contribution in [0.25, 0.3) is 12.2 Å². The molecule has 0 unspecified atom stereocenters.